The molecule has 0 aliphatic carbocycles. The zero-order valence-corrected chi connectivity index (χ0v) is 11.2. The number of halogens is 1. The van der Waals surface area contributed by atoms with Crippen molar-refractivity contribution in [3.8, 4) is 6.07 Å². The van der Waals surface area contributed by atoms with E-state index in [1.807, 2.05) is 6.07 Å². The van der Waals surface area contributed by atoms with E-state index in [1.54, 1.807) is 30.3 Å². The summed E-state index contributed by atoms with van der Waals surface area (Å²) in [5.41, 5.74) is 0.756. The third kappa shape index (κ3) is 3.05. The highest BCUT2D eigenvalue weighted by molar-refractivity contribution is 7.92. The van der Waals surface area contributed by atoms with Gasteiger partial charge < -0.3 is 0 Å². The van der Waals surface area contributed by atoms with Crippen molar-refractivity contribution in [3.05, 3.63) is 59.1 Å². The fourth-order valence-corrected chi connectivity index (χ4v) is 3.11. The molecular weight excluding hydrogens is 284 g/mol. The molecule has 2 rings (SSSR count). The molecule has 0 aromatic heterocycles. The number of nitrogens with zero attached hydrogens (tertiary/aromatic N) is 1. The Labute approximate surface area is 116 Å². The van der Waals surface area contributed by atoms with Gasteiger partial charge in [0.1, 0.15) is 4.90 Å². The van der Waals surface area contributed by atoms with Crippen LogP contribution in [0.4, 0.5) is 5.69 Å². The van der Waals surface area contributed by atoms with Crippen LogP contribution in [0.2, 0.25) is 5.02 Å². The number of nitriles is 1. The van der Waals surface area contributed by atoms with Gasteiger partial charge in [-0.15, -0.1) is 0 Å². The Morgan fingerprint density at radius 2 is 1.79 bits per heavy atom. The summed E-state index contributed by atoms with van der Waals surface area (Å²) >= 11 is 5.89. The first kappa shape index (κ1) is 13.4. The van der Waals surface area contributed by atoms with E-state index in [-0.39, 0.29) is 9.92 Å². The SMILES string of the molecule is N#Cc1ccc(S(=O)(=O)Nc2ccccc2)c(Cl)c1. The number of hydrogen-bond donors (Lipinski definition) is 1. The Morgan fingerprint density at radius 1 is 1.11 bits per heavy atom. The summed E-state index contributed by atoms with van der Waals surface area (Å²) in [7, 11) is -3.76. The maximum atomic E-state index is 12.1. The van der Waals surface area contributed by atoms with Crippen molar-refractivity contribution >= 4 is 27.3 Å². The van der Waals surface area contributed by atoms with Gasteiger partial charge in [-0.1, -0.05) is 29.8 Å². The lowest BCUT2D eigenvalue weighted by molar-refractivity contribution is 0.601. The lowest BCUT2D eigenvalue weighted by Crippen LogP contribution is -2.13. The minimum absolute atomic E-state index is 0.0162. The van der Waals surface area contributed by atoms with Gasteiger partial charge >= 0.3 is 0 Å². The molecule has 4 nitrogen and oxygen atoms in total. The highest BCUT2D eigenvalue weighted by Crippen LogP contribution is 2.24. The predicted molar refractivity (Wildman–Crippen MR) is 73.4 cm³/mol. The van der Waals surface area contributed by atoms with Gasteiger partial charge in [0.15, 0.2) is 0 Å². The number of nitrogens with one attached hydrogen (secondary N) is 1. The molecule has 0 aliphatic heterocycles. The number of para-hydroxylation sites is 1. The zero-order valence-electron chi connectivity index (χ0n) is 9.67. The first-order chi connectivity index (χ1) is 9.03. The van der Waals surface area contributed by atoms with E-state index in [4.69, 9.17) is 16.9 Å². The second-order valence-electron chi connectivity index (χ2n) is 3.73. The van der Waals surface area contributed by atoms with E-state index in [0.717, 1.165) is 0 Å². The van der Waals surface area contributed by atoms with Crippen molar-refractivity contribution in [1.29, 1.82) is 5.26 Å². The molecule has 0 saturated carbocycles. The maximum absolute atomic E-state index is 12.1. The molecule has 0 amide bonds. The molecule has 19 heavy (non-hydrogen) atoms. The summed E-state index contributed by atoms with van der Waals surface area (Å²) in [6.07, 6.45) is 0. The van der Waals surface area contributed by atoms with E-state index in [0.29, 0.717) is 11.3 Å². The molecule has 2 aromatic rings. The summed E-state index contributed by atoms with van der Waals surface area (Å²) < 4.78 is 26.7. The van der Waals surface area contributed by atoms with Gasteiger partial charge in [0, 0.05) is 5.69 Å². The molecule has 0 saturated heterocycles. The minimum Gasteiger partial charge on any atom is -0.280 e. The van der Waals surface area contributed by atoms with Crippen molar-refractivity contribution in [2.45, 2.75) is 4.90 Å². The van der Waals surface area contributed by atoms with Gasteiger partial charge in [-0.25, -0.2) is 8.42 Å². The van der Waals surface area contributed by atoms with E-state index in [2.05, 4.69) is 4.72 Å². The summed E-state index contributed by atoms with van der Waals surface area (Å²) in [6, 6.07) is 14.4. The summed E-state index contributed by atoms with van der Waals surface area (Å²) in [5.74, 6) is 0. The molecule has 96 valence electrons. The Morgan fingerprint density at radius 3 is 2.37 bits per heavy atom. The maximum Gasteiger partial charge on any atom is 0.263 e. The predicted octanol–water partition coefficient (Wildman–Crippen LogP) is 3.01. The summed E-state index contributed by atoms with van der Waals surface area (Å²) in [5, 5.41) is 8.73. The largest absolute Gasteiger partial charge is 0.280 e. The molecular formula is C13H9ClN2O2S. The fraction of sp³-hybridized carbons (Fsp3) is 0. The van der Waals surface area contributed by atoms with Crippen LogP contribution in [-0.4, -0.2) is 8.42 Å². The van der Waals surface area contributed by atoms with Crippen molar-refractivity contribution in [2.75, 3.05) is 4.72 Å². The van der Waals surface area contributed by atoms with Crippen LogP contribution in [0.3, 0.4) is 0 Å². The number of benzene rings is 2. The Hall–Kier alpha value is -2.03. The molecule has 0 radical (unpaired) electrons. The summed E-state index contributed by atoms with van der Waals surface area (Å²) in [4.78, 5) is -0.0583. The van der Waals surface area contributed by atoms with E-state index < -0.39 is 10.0 Å². The number of rotatable bonds is 3. The van der Waals surface area contributed by atoms with Crippen molar-refractivity contribution in [2.24, 2.45) is 0 Å². The van der Waals surface area contributed by atoms with Crippen LogP contribution in [0.5, 0.6) is 0 Å². The van der Waals surface area contributed by atoms with Gasteiger partial charge in [0.25, 0.3) is 10.0 Å². The average Bonchev–Trinajstić information content (AvgIpc) is 2.38. The molecule has 1 N–H and O–H groups in total. The quantitative estimate of drug-likeness (QED) is 0.945. The van der Waals surface area contributed by atoms with Gasteiger partial charge in [-0.05, 0) is 30.3 Å². The van der Waals surface area contributed by atoms with Crippen LogP contribution in [0.1, 0.15) is 5.56 Å². The van der Waals surface area contributed by atoms with Crippen molar-refractivity contribution < 1.29 is 8.42 Å². The lowest BCUT2D eigenvalue weighted by atomic mass is 10.2. The molecule has 0 spiro atoms. The molecule has 0 bridgehead atoms. The van der Waals surface area contributed by atoms with E-state index in [1.165, 1.54) is 18.2 Å². The van der Waals surface area contributed by atoms with Crippen molar-refractivity contribution in [3.63, 3.8) is 0 Å². The van der Waals surface area contributed by atoms with Crippen LogP contribution >= 0.6 is 11.6 Å². The third-order valence-electron chi connectivity index (χ3n) is 2.38. The third-order valence-corrected chi connectivity index (χ3v) is 4.24. The molecule has 0 atom stereocenters. The van der Waals surface area contributed by atoms with Gasteiger partial charge in [0.2, 0.25) is 0 Å². The van der Waals surface area contributed by atoms with Crippen LogP contribution in [0, 0.1) is 11.3 Å². The van der Waals surface area contributed by atoms with E-state index in [9.17, 15) is 8.42 Å². The first-order valence-corrected chi connectivity index (χ1v) is 7.16. The molecule has 0 fully saturated rings. The molecule has 0 aliphatic rings. The topological polar surface area (TPSA) is 70.0 Å². The van der Waals surface area contributed by atoms with Gasteiger partial charge in [-0.2, -0.15) is 5.26 Å². The second kappa shape index (κ2) is 5.31. The van der Waals surface area contributed by atoms with Gasteiger partial charge in [-0.3, -0.25) is 4.72 Å². The Bertz CT molecular complexity index is 737. The first-order valence-electron chi connectivity index (χ1n) is 5.30. The summed E-state index contributed by atoms with van der Waals surface area (Å²) in [6.45, 7) is 0. The molecule has 0 heterocycles. The normalized spacial score (nSPS) is 10.7. The monoisotopic (exact) mass is 292 g/mol. The Kier molecular flexibility index (Phi) is 3.74. The lowest BCUT2D eigenvalue weighted by Gasteiger charge is -2.09. The van der Waals surface area contributed by atoms with Gasteiger partial charge in [0.05, 0.1) is 16.7 Å². The number of sulfonamides is 1. The average molecular weight is 293 g/mol. The number of anilines is 1. The van der Waals surface area contributed by atoms with Crippen LogP contribution < -0.4 is 4.72 Å². The van der Waals surface area contributed by atoms with E-state index >= 15 is 0 Å². The fourth-order valence-electron chi connectivity index (χ4n) is 1.50. The van der Waals surface area contributed by atoms with Crippen LogP contribution in [0.15, 0.2) is 53.4 Å². The standard InChI is InChI=1S/C13H9ClN2O2S/c14-12-8-10(9-15)6-7-13(12)19(17,18)16-11-4-2-1-3-5-11/h1-8,16H. The van der Waals surface area contributed by atoms with Crippen LogP contribution in [-0.2, 0) is 10.0 Å². The Balaban J connectivity index is 2.38. The smallest absolute Gasteiger partial charge is 0.263 e. The second-order valence-corrected chi connectivity index (χ2v) is 5.79. The highest BCUT2D eigenvalue weighted by Gasteiger charge is 2.18. The molecule has 0 unspecified atom stereocenters. The zero-order chi connectivity index (χ0) is 13.9. The van der Waals surface area contributed by atoms with Crippen molar-refractivity contribution in [1.82, 2.24) is 0 Å². The minimum atomic E-state index is -3.76. The molecule has 2 aromatic carbocycles. The number of hydrogen-bond acceptors (Lipinski definition) is 3. The molecule has 6 heteroatoms. The highest BCUT2D eigenvalue weighted by atomic mass is 35.5. The van der Waals surface area contributed by atoms with Crippen LogP contribution in [0.25, 0.3) is 0 Å².